The van der Waals surface area contributed by atoms with E-state index in [4.69, 9.17) is 11.6 Å². The van der Waals surface area contributed by atoms with Crippen molar-refractivity contribution in [3.05, 3.63) is 80.6 Å². The summed E-state index contributed by atoms with van der Waals surface area (Å²) in [6, 6.07) is 14.7. The average molecular weight is 416 g/mol. The largest absolute Gasteiger partial charge is 0.322 e. The number of allylic oxidation sites excluding steroid dienone is 1. The number of amides is 1. The van der Waals surface area contributed by atoms with E-state index in [-0.39, 0.29) is 17.3 Å². The van der Waals surface area contributed by atoms with Crippen LogP contribution in [0.5, 0.6) is 0 Å². The number of anilines is 1. The smallest absolute Gasteiger partial charge is 0.261 e. The van der Waals surface area contributed by atoms with Gasteiger partial charge < -0.3 is 5.32 Å². The Labute approximate surface area is 172 Å². The van der Waals surface area contributed by atoms with Gasteiger partial charge in [-0.3, -0.25) is 9.59 Å². The van der Waals surface area contributed by atoms with E-state index in [1.165, 1.54) is 6.08 Å². The number of benzene rings is 2. The lowest BCUT2D eigenvalue weighted by Gasteiger charge is -2.09. The van der Waals surface area contributed by atoms with Crippen LogP contribution in [0.2, 0.25) is 5.02 Å². The molecule has 0 aromatic heterocycles. The van der Waals surface area contributed by atoms with Crippen molar-refractivity contribution in [3.63, 3.8) is 0 Å². The summed E-state index contributed by atoms with van der Waals surface area (Å²) in [5, 5.41) is 3.49. The van der Waals surface area contributed by atoms with E-state index in [0.717, 1.165) is 26.9 Å². The Bertz CT molecular complexity index is 912. The predicted molar refractivity (Wildman–Crippen MR) is 117 cm³/mol. The summed E-state index contributed by atoms with van der Waals surface area (Å²) in [5.74, 6) is 1.13. The Morgan fingerprint density at radius 1 is 1.07 bits per heavy atom. The molecule has 1 fully saturated rings. The maximum absolute atomic E-state index is 12.8. The second kappa shape index (κ2) is 9.31. The zero-order valence-corrected chi connectivity index (χ0v) is 17.1. The van der Waals surface area contributed by atoms with Crippen molar-refractivity contribution in [2.24, 2.45) is 0 Å². The number of thioether (sulfide) groups is 2. The zero-order valence-electron chi connectivity index (χ0n) is 14.7. The molecule has 27 heavy (non-hydrogen) atoms. The molecular formula is C21H18ClNO2S2. The standard InChI is InChI=1S/C21H18ClNO2S2/c1-14-3-2-4-17(13-14)23-20(25)19(21-26-11-12-27-21)18(24)10-7-15-5-8-16(22)9-6-15/h2-10,13H,11-12H2,1H3,(H,23,25)/b10-7+. The van der Waals surface area contributed by atoms with E-state index >= 15 is 0 Å². The minimum Gasteiger partial charge on any atom is -0.322 e. The molecule has 2 aromatic carbocycles. The van der Waals surface area contributed by atoms with Gasteiger partial charge in [0.2, 0.25) is 0 Å². The van der Waals surface area contributed by atoms with Crippen LogP contribution in [0, 0.1) is 6.92 Å². The van der Waals surface area contributed by atoms with Gasteiger partial charge in [-0.1, -0.05) is 41.9 Å². The molecule has 0 saturated carbocycles. The summed E-state index contributed by atoms with van der Waals surface area (Å²) < 4.78 is 0.783. The van der Waals surface area contributed by atoms with Gasteiger partial charge in [0.05, 0.1) is 4.24 Å². The van der Waals surface area contributed by atoms with Crippen molar-refractivity contribution in [1.82, 2.24) is 0 Å². The summed E-state index contributed by atoms with van der Waals surface area (Å²) in [6.07, 6.45) is 3.14. The molecule has 1 aliphatic heterocycles. The molecule has 0 bridgehead atoms. The van der Waals surface area contributed by atoms with Gasteiger partial charge in [-0.15, -0.1) is 23.5 Å². The number of hydrogen-bond donors (Lipinski definition) is 1. The second-order valence-corrected chi connectivity index (χ2v) is 8.84. The molecule has 1 heterocycles. The zero-order chi connectivity index (χ0) is 19.2. The monoisotopic (exact) mass is 415 g/mol. The fourth-order valence-corrected chi connectivity index (χ4v) is 5.18. The van der Waals surface area contributed by atoms with E-state index in [1.807, 2.05) is 43.3 Å². The van der Waals surface area contributed by atoms with Crippen molar-refractivity contribution in [2.75, 3.05) is 16.8 Å². The molecule has 0 radical (unpaired) electrons. The first-order valence-electron chi connectivity index (χ1n) is 8.39. The fraction of sp³-hybridized carbons (Fsp3) is 0.143. The van der Waals surface area contributed by atoms with Gasteiger partial charge in [0, 0.05) is 22.2 Å². The van der Waals surface area contributed by atoms with E-state index in [9.17, 15) is 9.59 Å². The lowest BCUT2D eigenvalue weighted by atomic mass is 10.1. The third-order valence-corrected chi connectivity index (χ3v) is 6.77. The molecule has 0 spiro atoms. The van der Waals surface area contributed by atoms with Crippen LogP contribution >= 0.6 is 35.1 Å². The number of ketones is 1. The summed E-state index contributed by atoms with van der Waals surface area (Å²) >= 11 is 8.99. The molecule has 1 amide bonds. The fourth-order valence-electron chi connectivity index (χ4n) is 2.51. The Morgan fingerprint density at radius 3 is 2.44 bits per heavy atom. The molecule has 2 aromatic rings. The summed E-state index contributed by atoms with van der Waals surface area (Å²) in [6.45, 7) is 1.96. The van der Waals surface area contributed by atoms with Crippen LogP contribution in [0.1, 0.15) is 11.1 Å². The van der Waals surface area contributed by atoms with Crippen LogP contribution < -0.4 is 5.32 Å². The first kappa shape index (κ1) is 19.8. The molecule has 0 atom stereocenters. The molecule has 1 saturated heterocycles. The number of hydrogen-bond acceptors (Lipinski definition) is 4. The topological polar surface area (TPSA) is 46.2 Å². The molecule has 3 nitrogen and oxygen atoms in total. The van der Waals surface area contributed by atoms with Gasteiger partial charge in [0.1, 0.15) is 5.57 Å². The highest BCUT2D eigenvalue weighted by molar-refractivity contribution is 8.25. The maximum Gasteiger partial charge on any atom is 0.261 e. The maximum atomic E-state index is 12.8. The molecule has 0 aliphatic carbocycles. The Balaban J connectivity index is 1.83. The third-order valence-electron chi connectivity index (χ3n) is 3.80. The number of carbonyl (C=O) groups is 2. The second-order valence-electron chi connectivity index (χ2n) is 5.93. The minimum absolute atomic E-state index is 0.203. The average Bonchev–Trinajstić information content (AvgIpc) is 3.15. The molecule has 0 unspecified atom stereocenters. The molecule has 6 heteroatoms. The molecule has 3 rings (SSSR count). The molecule has 138 valence electrons. The van der Waals surface area contributed by atoms with E-state index in [0.29, 0.717) is 10.7 Å². The van der Waals surface area contributed by atoms with Gasteiger partial charge in [-0.2, -0.15) is 0 Å². The lowest BCUT2D eigenvalue weighted by molar-refractivity contribution is -0.117. The highest BCUT2D eigenvalue weighted by Crippen LogP contribution is 2.39. The number of halogens is 1. The first-order valence-corrected chi connectivity index (χ1v) is 10.7. The lowest BCUT2D eigenvalue weighted by Crippen LogP contribution is -2.20. The molecular weight excluding hydrogens is 398 g/mol. The van der Waals surface area contributed by atoms with Crippen LogP contribution in [-0.2, 0) is 9.59 Å². The van der Waals surface area contributed by atoms with Crippen LogP contribution in [0.4, 0.5) is 5.69 Å². The van der Waals surface area contributed by atoms with Crippen LogP contribution in [-0.4, -0.2) is 23.2 Å². The van der Waals surface area contributed by atoms with E-state index in [1.54, 1.807) is 41.7 Å². The van der Waals surface area contributed by atoms with E-state index in [2.05, 4.69) is 5.32 Å². The van der Waals surface area contributed by atoms with Crippen molar-refractivity contribution < 1.29 is 9.59 Å². The molecule has 1 N–H and O–H groups in total. The normalized spacial score (nSPS) is 13.8. The third kappa shape index (κ3) is 5.51. The summed E-state index contributed by atoms with van der Waals surface area (Å²) in [5.41, 5.74) is 2.78. The minimum atomic E-state index is -0.372. The van der Waals surface area contributed by atoms with Crippen molar-refractivity contribution in [2.45, 2.75) is 6.92 Å². The number of nitrogens with one attached hydrogen (secondary N) is 1. The SMILES string of the molecule is Cc1cccc(NC(=O)C(C(=O)/C=C/c2ccc(Cl)cc2)=C2SCCS2)c1. The van der Waals surface area contributed by atoms with E-state index < -0.39 is 0 Å². The predicted octanol–water partition coefficient (Wildman–Crippen LogP) is 5.56. The van der Waals surface area contributed by atoms with Crippen LogP contribution in [0.25, 0.3) is 6.08 Å². The van der Waals surface area contributed by atoms with Gasteiger partial charge in [0.15, 0.2) is 5.78 Å². The van der Waals surface area contributed by atoms with Gasteiger partial charge in [0.25, 0.3) is 5.91 Å². The number of rotatable bonds is 5. The molecule has 1 aliphatic rings. The van der Waals surface area contributed by atoms with Crippen molar-refractivity contribution in [1.29, 1.82) is 0 Å². The van der Waals surface area contributed by atoms with Gasteiger partial charge >= 0.3 is 0 Å². The number of carbonyl (C=O) groups excluding carboxylic acids is 2. The van der Waals surface area contributed by atoms with Crippen LogP contribution in [0.3, 0.4) is 0 Å². The Hall–Kier alpha value is -1.95. The number of aryl methyl sites for hydroxylation is 1. The van der Waals surface area contributed by atoms with Gasteiger partial charge in [-0.05, 0) is 48.4 Å². The quantitative estimate of drug-likeness (QED) is 0.394. The first-order chi connectivity index (χ1) is 13.0. The highest BCUT2D eigenvalue weighted by Gasteiger charge is 2.25. The van der Waals surface area contributed by atoms with Crippen molar-refractivity contribution >= 4 is 58.6 Å². The summed E-state index contributed by atoms with van der Waals surface area (Å²) in [4.78, 5) is 25.7. The summed E-state index contributed by atoms with van der Waals surface area (Å²) in [7, 11) is 0. The van der Waals surface area contributed by atoms with Crippen LogP contribution in [0.15, 0.2) is 64.4 Å². The Morgan fingerprint density at radius 2 is 1.78 bits per heavy atom. The Kier molecular flexibility index (Phi) is 6.83. The van der Waals surface area contributed by atoms with Crippen molar-refractivity contribution in [3.8, 4) is 0 Å². The van der Waals surface area contributed by atoms with Gasteiger partial charge in [-0.25, -0.2) is 0 Å². The highest BCUT2D eigenvalue weighted by atomic mass is 35.5.